The molecule has 2 aromatic heterocycles. The van der Waals surface area contributed by atoms with E-state index < -0.39 is 0 Å². The number of phenolic OH excluding ortho intramolecular Hbond substituents is 1. The van der Waals surface area contributed by atoms with Gasteiger partial charge in [-0.15, -0.1) is 11.3 Å². The maximum atomic E-state index is 10.2. The zero-order valence-electron chi connectivity index (χ0n) is 49.8. The number of thiazole rings is 1. The smallest absolute Gasteiger partial charge is 0.207 e. The van der Waals surface area contributed by atoms with Gasteiger partial charge in [-0.2, -0.15) is 0 Å². The summed E-state index contributed by atoms with van der Waals surface area (Å²) in [5.74, 6) is 5.49. The largest absolute Gasteiger partial charge is 0.507 e. The Hall–Kier alpha value is -5.70. The van der Waals surface area contributed by atoms with Gasteiger partial charge in [-0.1, -0.05) is 82.1 Å². The molecule has 6 aliphatic rings. The summed E-state index contributed by atoms with van der Waals surface area (Å²) < 4.78 is 11.8. The van der Waals surface area contributed by atoms with Crippen molar-refractivity contribution < 1.29 is 29.1 Å². The number of para-hydroxylation sites is 1. The summed E-state index contributed by atoms with van der Waals surface area (Å²) in [4.78, 5) is 36.7. The van der Waals surface area contributed by atoms with Crippen molar-refractivity contribution in [3.63, 3.8) is 0 Å². The number of piperidine rings is 3. The number of aliphatic hydroxyl groups excluding tert-OH is 1. The minimum atomic E-state index is -0.178. The number of aromatic nitrogens is 2. The highest BCUT2D eigenvalue weighted by Crippen LogP contribution is 2.36. The predicted octanol–water partition coefficient (Wildman–Crippen LogP) is 7.78. The van der Waals surface area contributed by atoms with Crippen LogP contribution in [-0.4, -0.2) is 162 Å². The van der Waals surface area contributed by atoms with Crippen molar-refractivity contribution in [3.05, 3.63) is 100 Å². The van der Waals surface area contributed by atoms with Crippen molar-refractivity contribution in [1.29, 1.82) is 0 Å². The topological polar surface area (TPSA) is 255 Å². The molecule has 2 amide bonds. The van der Waals surface area contributed by atoms with Crippen LogP contribution in [0.5, 0.6) is 5.75 Å². The van der Waals surface area contributed by atoms with Crippen molar-refractivity contribution in [3.8, 4) is 16.2 Å². The van der Waals surface area contributed by atoms with Crippen molar-refractivity contribution in [2.45, 2.75) is 141 Å². The van der Waals surface area contributed by atoms with Crippen LogP contribution < -0.4 is 33.2 Å². The van der Waals surface area contributed by atoms with Crippen LogP contribution in [0.2, 0.25) is 0 Å². The first-order valence-corrected chi connectivity index (χ1v) is 31.3. The van der Waals surface area contributed by atoms with Gasteiger partial charge in [0, 0.05) is 101 Å². The Kier molecular flexibility index (Phi) is 24.8. The number of morpholine rings is 1. The SMILES string of the molecule is CC(C)C(C)c1cc(N2CCC(CN3CCC(O)CC3)CC2)no1.Cc1ncsc1-c1ccc(C(C)CCCCNC=O)cc1.NC(N)=C(/C=C(\N)c1ccccc1O)N1CCOC2(CN(CC3CCN(C4CCC4)CC3)C2)C1.NC=O. The number of hydrogen-bond donors (Lipinski definition) is 7. The summed E-state index contributed by atoms with van der Waals surface area (Å²) in [6.45, 7) is 24.9. The van der Waals surface area contributed by atoms with Crippen LogP contribution in [0.25, 0.3) is 16.1 Å². The molecule has 2 aromatic carbocycles. The van der Waals surface area contributed by atoms with E-state index >= 15 is 0 Å². The average Bonchev–Trinajstić information content (AvgIpc) is 3.63. The number of rotatable bonds is 19. The summed E-state index contributed by atoms with van der Waals surface area (Å²) >= 11 is 1.69. The van der Waals surface area contributed by atoms with Gasteiger partial charge in [-0.25, -0.2) is 4.98 Å². The molecule has 1 saturated carbocycles. The third-order valence-electron chi connectivity index (χ3n) is 17.9. The van der Waals surface area contributed by atoms with E-state index in [1.165, 1.54) is 87.1 Å². The molecule has 0 bridgehead atoms. The first-order chi connectivity index (χ1) is 39.6. The number of carbonyl (C=O) groups is 2. The molecular weight excluding hydrogens is 1050 g/mol. The number of nitrogens with two attached hydrogens (primary N) is 4. The number of carbonyl (C=O) groups excluding carboxylic acids is 2. The molecule has 2 atom stereocenters. The van der Waals surface area contributed by atoms with Crippen LogP contribution in [0.3, 0.4) is 0 Å². The van der Waals surface area contributed by atoms with Crippen LogP contribution >= 0.6 is 11.3 Å². The van der Waals surface area contributed by atoms with Gasteiger partial charge in [0.05, 0.1) is 34.5 Å². The van der Waals surface area contributed by atoms with E-state index in [1.54, 1.807) is 35.6 Å². The average molecular weight is 1150 g/mol. The number of allylic oxidation sites excluding steroid dienone is 1. The number of amides is 2. The Bertz CT molecular complexity index is 2590. The standard InChI is InChI=1S/C26H40N6O2.C19H33N3O2.C17H22N2OS.CH3NO/c27-22(21-6-1-2-7-24(21)33)14-23(25(28)29)32-12-13-34-26(18-32)16-30(17-26)15-19-8-10-31(11-9-19)20-4-3-5-20;1-14(2)15(3)18-12-19(20-24-18)22-10-4-16(5-11-22)13-21-8-6-17(23)7-9-21;1-13(5-3-4-10-18-11-20)15-6-8-16(9-7-15)17-14(2)19-12-21-17;2-1-3/h1-2,6-7,14,19-20,33H,3-5,8-13,15-18,27-29H2;12,14-17,23H,4-11,13H2,1-3H3;6-9,11-13H,3-5,10H2,1-2H3,(H,18,20);1H,(H2,2,3)/b22-14-;;;. The second-order valence-corrected chi connectivity index (χ2v) is 25.1. The lowest BCUT2D eigenvalue weighted by Crippen LogP contribution is -2.70. The van der Waals surface area contributed by atoms with Crippen LogP contribution in [0, 0.1) is 24.7 Å². The highest BCUT2D eigenvalue weighted by molar-refractivity contribution is 7.13. The van der Waals surface area contributed by atoms with E-state index in [4.69, 9.17) is 31.3 Å². The number of nitrogens with zero attached hydrogens (tertiary/aromatic N) is 7. The molecule has 2 unspecified atom stereocenters. The Morgan fingerprint density at radius 2 is 1.50 bits per heavy atom. The second-order valence-electron chi connectivity index (χ2n) is 24.2. The number of aromatic hydroxyl groups is 1. The van der Waals surface area contributed by atoms with Crippen molar-refractivity contribution in [1.82, 2.24) is 35.1 Å². The van der Waals surface area contributed by atoms with Crippen molar-refractivity contribution >= 4 is 35.7 Å². The van der Waals surface area contributed by atoms with E-state index in [0.29, 0.717) is 47.9 Å². The summed E-state index contributed by atoms with van der Waals surface area (Å²) in [5, 5.41) is 26.8. The molecule has 5 saturated heterocycles. The fourth-order valence-electron chi connectivity index (χ4n) is 12.3. The third kappa shape index (κ3) is 18.4. The van der Waals surface area contributed by atoms with Crippen molar-refractivity contribution in [2.75, 3.05) is 96.6 Å². The highest BCUT2D eigenvalue weighted by atomic mass is 32.1. The second kappa shape index (κ2) is 31.8. The summed E-state index contributed by atoms with van der Waals surface area (Å²) in [6.07, 6.45) is 17.2. The lowest BCUT2D eigenvalue weighted by molar-refractivity contribution is -0.181. The molecule has 10 rings (SSSR count). The zero-order chi connectivity index (χ0) is 58.6. The van der Waals surface area contributed by atoms with E-state index in [2.05, 4.69) is 111 Å². The molecule has 0 radical (unpaired) electrons. The molecule has 4 aromatic rings. The molecule has 7 heterocycles. The number of aliphatic hydroxyl groups is 1. The number of likely N-dealkylation sites (tertiary alicyclic amines) is 3. The summed E-state index contributed by atoms with van der Waals surface area (Å²) in [6, 6.07) is 18.9. The zero-order valence-corrected chi connectivity index (χ0v) is 50.6. The minimum absolute atomic E-state index is 0.0716. The van der Waals surface area contributed by atoms with E-state index in [0.717, 1.165) is 126 Å². The molecule has 82 heavy (non-hydrogen) atoms. The fourth-order valence-corrected chi connectivity index (χ4v) is 13.1. The molecule has 1 spiro atoms. The summed E-state index contributed by atoms with van der Waals surface area (Å²) in [5.41, 5.74) is 29.8. The number of nitrogens with one attached hydrogen (secondary N) is 1. The van der Waals surface area contributed by atoms with Crippen LogP contribution in [0.4, 0.5) is 5.82 Å². The van der Waals surface area contributed by atoms with Crippen LogP contribution in [-0.2, 0) is 14.3 Å². The first-order valence-electron chi connectivity index (χ1n) is 30.4. The lowest BCUT2D eigenvalue weighted by Gasteiger charge is -2.55. The normalized spacial score (nSPS) is 20.2. The quantitative estimate of drug-likeness (QED) is 0.0269. The van der Waals surface area contributed by atoms with Gasteiger partial charge < -0.3 is 67.3 Å². The highest BCUT2D eigenvalue weighted by Gasteiger charge is 2.48. The van der Waals surface area contributed by atoms with Crippen LogP contribution in [0.1, 0.15) is 139 Å². The first kappa shape index (κ1) is 63.9. The maximum Gasteiger partial charge on any atom is 0.207 e. The minimum Gasteiger partial charge on any atom is -0.507 e. The molecular formula is C63H98N12O6S. The molecule has 18 nitrogen and oxygen atoms in total. The van der Waals surface area contributed by atoms with Gasteiger partial charge in [-0.3, -0.25) is 14.5 Å². The van der Waals surface area contributed by atoms with Crippen molar-refractivity contribution in [2.24, 2.45) is 40.7 Å². The van der Waals surface area contributed by atoms with Crippen LogP contribution in [0.15, 0.2) is 82.2 Å². The van der Waals surface area contributed by atoms with Gasteiger partial charge >= 0.3 is 0 Å². The Morgan fingerprint density at radius 1 is 0.841 bits per heavy atom. The molecule has 6 fully saturated rings. The molecule has 11 N–H and O–H groups in total. The monoisotopic (exact) mass is 1150 g/mol. The van der Waals surface area contributed by atoms with Gasteiger partial charge in [0.15, 0.2) is 5.82 Å². The molecule has 452 valence electrons. The summed E-state index contributed by atoms with van der Waals surface area (Å²) in [7, 11) is 0. The van der Waals surface area contributed by atoms with Gasteiger partial charge in [0.1, 0.15) is 22.9 Å². The number of benzene rings is 2. The molecule has 5 aliphatic heterocycles. The maximum absolute atomic E-state index is 10.2. The number of unbranched alkanes of at least 4 members (excludes halogenated alkanes) is 1. The van der Waals surface area contributed by atoms with Gasteiger partial charge in [-0.05, 0) is 137 Å². The van der Waals surface area contributed by atoms with E-state index in [1.807, 2.05) is 11.6 Å². The van der Waals surface area contributed by atoms with E-state index in [-0.39, 0.29) is 29.7 Å². The number of hydrogen-bond acceptors (Lipinski definition) is 17. The molecule has 19 heteroatoms. The number of phenols is 1. The predicted molar refractivity (Wildman–Crippen MR) is 330 cm³/mol. The number of primary amides is 1. The number of aryl methyl sites for hydroxylation is 1. The lowest BCUT2D eigenvalue weighted by atomic mass is 9.86. The Labute approximate surface area is 492 Å². The Morgan fingerprint density at radius 3 is 2.10 bits per heavy atom. The third-order valence-corrected chi connectivity index (χ3v) is 18.9. The number of anilines is 1. The van der Waals surface area contributed by atoms with Gasteiger partial charge in [0.25, 0.3) is 0 Å². The molecule has 1 aliphatic carbocycles. The van der Waals surface area contributed by atoms with E-state index in [9.17, 15) is 15.0 Å². The Balaban J connectivity index is 0.000000179. The fraction of sp³-hybridized carbons (Fsp3) is 0.619. The van der Waals surface area contributed by atoms with Gasteiger partial charge in [0.2, 0.25) is 12.8 Å². The number of ether oxygens (including phenoxy) is 1.